The van der Waals surface area contributed by atoms with E-state index in [0.29, 0.717) is 24.3 Å². The Hall–Kier alpha value is -0.610. The van der Waals surface area contributed by atoms with E-state index < -0.39 is 0 Å². The standard InChI is InChI=1S/C16H31N3O/c1-13(2)15-11-19(12-15)16(20)5-6-17-7-9-18(10-8-17)14(3)4/h13-15H,5-12H2,1-4H3. The lowest BCUT2D eigenvalue weighted by Crippen LogP contribution is -2.53. The third-order valence-corrected chi connectivity index (χ3v) is 4.98. The summed E-state index contributed by atoms with van der Waals surface area (Å²) >= 11 is 0. The van der Waals surface area contributed by atoms with E-state index in [4.69, 9.17) is 0 Å². The maximum absolute atomic E-state index is 12.1. The van der Waals surface area contributed by atoms with E-state index in [1.165, 1.54) is 0 Å². The van der Waals surface area contributed by atoms with Crippen LogP contribution < -0.4 is 0 Å². The number of hydrogen-bond acceptors (Lipinski definition) is 3. The Morgan fingerprint density at radius 3 is 2.15 bits per heavy atom. The van der Waals surface area contributed by atoms with Crippen LogP contribution in [-0.4, -0.2) is 72.5 Å². The van der Waals surface area contributed by atoms with E-state index in [1.807, 2.05) is 4.90 Å². The van der Waals surface area contributed by atoms with Gasteiger partial charge in [-0.05, 0) is 25.7 Å². The molecule has 0 aromatic rings. The monoisotopic (exact) mass is 281 g/mol. The van der Waals surface area contributed by atoms with Gasteiger partial charge in [-0.3, -0.25) is 9.69 Å². The summed E-state index contributed by atoms with van der Waals surface area (Å²) in [5.41, 5.74) is 0. The van der Waals surface area contributed by atoms with Gasteiger partial charge in [0, 0.05) is 58.3 Å². The molecule has 2 aliphatic heterocycles. The van der Waals surface area contributed by atoms with Crippen LogP contribution >= 0.6 is 0 Å². The fourth-order valence-corrected chi connectivity index (χ4v) is 3.05. The van der Waals surface area contributed by atoms with Gasteiger partial charge in [0.05, 0.1) is 0 Å². The quantitative estimate of drug-likeness (QED) is 0.764. The first kappa shape index (κ1) is 15.8. The molecule has 0 radical (unpaired) electrons. The first-order valence-corrected chi connectivity index (χ1v) is 8.21. The minimum absolute atomic E-state index is 0.355. The van der Waals surface area contributed by atoms with Crippen molar-refractivity contribution >= 4 is 5.91 Å². The van der Waals surface area contributed by atoms with E-state index in [-0.39, 0.29) is 0 Å². The third-order valence-electron chi connectivity index (χ3n) is 4.98. The van der Waals surface area contributed by atoms with Gasteiger partial charge in [0.25, 0.3) is 0 Å². The van der Waals surface area contributed by atoms with Crippen LogP contribution in [0.2, 0.25) is 0 Å². The number of carbonyl (C=O) groups is 1. The van der Waals surface area contributed by atoms with Crippen molar-refractivity contribution in [2.24, 2.45) is 11.8 Å². The zero-order valence-electron chi connectivity index (χ0n) is 13.6. The molecule has 0 unspecified atom stereocenters. The molecule has 4 heteroatoms. The molecule has 0 aromatic carbocycles. The largest absolute Gasteiger partial charge is 0.342 e. The van der Waals surface area contributed by atoms with E-state index >= 15 is 0 Å². The number of piperazine rings is 1. The van der Waals surface area contributed by atoms with Gasteiger partial charge in [-0.1, -0.05) is 13.8 Å². The van der Waals surface area contributed by atoms with Crippen molar-refractivity contribution in [1.29, 1.82) is 0 Å². The molecule has 4 nitrogen and oxygen atoms in total. The summed E-state index contributed by atoms with van der Waals surface area (Å²) in [6, 6.07) is 0.646. The van der Waals surface area contributed by atoms with Gasteiger partial charge in [0.1, 0.15) is 0 Å². The number of amides is 1. The first-order chi connectivity index (χ1) is 9.47. The highest BCUT2D eigenvalue weighted by Crippen LogP contribution is 2.23. The molecule has 2 saturated heterocycles. The molecule has 1 amide bonds. The molecule has 20 heavy (non-hydrogen) atoms. The van der Waals surface area contributed by atoms with Crippen LogP contribution in [0.15, 0.2) is 0 Å². The normalized spacial score (nSPS) is 22.6. The molecule has 116 valence electrons. The van der Waals surface area contributed by atoms with Gasteiger partial charge in [-0.25, -0.2) is 0 Å². The van der Waals surface area contributed by atoms with Crippen molar-refractivity contribution in [3.05, 3.63) is 0 Å². The van der Waals surface area contributed by atoms with Crippen molar-refractivity contribution in [1.82, 2.24) is 14.7 Å². The summed E-state index contributed by atoms with van der Waals surface area (Å²) in [5, 5.41) is 0. The fourth-order valence-electron chi connectivity index (χ4n) is 3.05. The molecular weight excluding hydrogens is 250 g/mol. The van der Waals surface area contributed by atoms with Gasteiger partial charge >= 0.3 is 0 Å². The van der Waals surface area contributed by atoms with Gasteiger partial charge < -0.3 is 9.80 Å². The molecule has 0 bridgehead atoms. The topological polar surface area (TPSA) is 26.8 Å². The van der Waals surface area contributed by atoms with Crippen LogP contribution in [0.25, 0.3) is 0 Å². The van der Waals surface area contributed by atoms with Crippen molar-refractivity contribution < 1.29 is 4.79 Å². The van der Waals surface area contributed by atoms with Gasteiger partial charge in [0.15, 0.2) is 0 Å². The maximum Gasteiger partial charge on any atom is 0.223 e. The molecule has 0 N–H and O–H groups in total. The summed E-state index contributed by atoms with van der Waals surface area (Å²) in [6.07, 6.45) is 0.701. The number of carbonyl (C=O) groups excluding carboxylic acids is 1. The lowest BCUT2D eigenvalue weighted by Gasteiger charge is -2.42. The molecule has 0 spiro atoms. The molecule has 0 aromatic heterocycles. The smallest absolute Gasteiger partial charge is 0.223 e. The van der Waals surface area contributed by atoms with Crippen molar-refractivity contribution in [2.45, 2.75) is 40.2 Å². The zero-order chi connectivity index (χ0) is 14.7. The molecule has 2 fully saturated rings. The summed E-state index contributed by atoms with van der Waals surface area (Å²) in [6.45, 7) is 16.4. The number of likely N-dealkylation sites (tertiary alicyclic amines) is 1. The minimum Gasteiger partial charge on any atom is -0.342 e. The minimum atomic E-state index is 0.355. The average molecular weight is 281 g/mol. The summed E-state index contributed by atoms with van der Waals surface area (Å²) in [4.78, 5) is 19.1. The van der Waals surface area contributed by atoms with Crippen LogP contribution in [0.3, 0.4) is 0 Å². The molecule has 0 saturated carbocycles. The second-order valence-corrected chi connectivity index (χ2v) is 7.02. The predicted octanol–water partition coefficient (Wildman–Crippen LogP) is 1.52. The van der Waals surface area contributed by atoms with E-state index in [2.05, 4.69) is 37.5 Å². The Balaban J connectivity index is 1.61. The second kappa shape index (κ2) is 6.90. The van der Waals surface area contributed by atoms with Crippen molar-refractivity contribution in [3.63, 3.8) is 0 Å². The Kier molecular flexibility index (Phi) is 5.44. The number of hydrogen-bond donors (Lipinski definition) is 0. The Morgan fingerprint density at radius 1 is 1.05 bits per heavy atom. The van der Waals surface area contributed by atoms with Crippen LogP contribution in [0.1, 0.15) is 34.1 Å². The van der Waals surface area contributed by atoms with Crippen LogP contribution in [0.4, 0.5) is 0 Å². The molecule has 2 heterocycles. The lowest BCUT2D eigenvalue weighted by molar-refractivity contribution is -0.139. The highest BCUT2D eigenvalue weighted by molar-refractivity contribution is 5.77. The predicted molar refractivity (Wildman–Crippen MR) is 82.7 cm³/mol. The van der Waals surface area contributed by atoms with Gasteiger partial charge in [0.2, 0.25) is 5.91 Å². The Labute approximate surface area is 124 Å². The van der Waals surface area contributed by atoms with Gasteiger partial charge in [-0.2, -0.15) is 0 Å². The molecule has 0 atom stereocenters. The van der Waals surface area contributed by atoms with Gasteiger partial charge in [-0.15, -0.1) is 0 Å². The van der Waals surface area contributed by atoms with Crippen LogP contribution in [-0.2, 0) is 4.79 Å². The third kappa shape index (κ3) is 3.95. The second-order valence-electron chi connectivity index (χ2n) is 7.02. The fraction of sp³-hybridized carbons (Fsp3) is 0.938. The van der Waals surface area contributed by atoms with E-state index in [1.54, 1.807) is 0 Å². The van der Waals surface area contributed by atoms with Crippen molar-refractivity contribution in [2.75, 3.05) is 45.8 Å². The zero-order valence-corrected chi connectivity index (χ0v) is 13.6. The summed E-state index contributed by atoms with van der Waals surface area (Å²) < 4.78 is 0. The first-order valence-electron chi connectivity index (χ1n) is 8.21. The van der Waals surface area contributed by atoms with Crippen LogP contribution in [0.5, 0.6) is 0 Å². The Bertz CT molecular complexity index is 316. The number of nitrogens with zero attached hydrogens (tertiary/aromatic N) is 3. The van der Waals surface area contributed by atoms with E-state index in [9.17, 15) is 4.79 Å². The summed E-state index contributed by atoms with van der Waals surface area (Å²) in [7, 11) is 0. The number of rotatable bonds is 5. The highest BCUT2D eigenvalue weighted by atomic mass is 16.2. The van der Waals surface area contributed by atoms with E-state index in [0.717, 1.165) is 51.7 Å². The molecule has 2 aliphatic rings. The average Bonchev–Trinajstić information content (AvgIpc) is 2.34. The molecule has 2 rings (SSSR count). The molecule has 0 aliphatic carbocycles. The maximum atomic E-state index is 12.1. The van der Waals surface area contributed by atoms with Crippen LogP contribution in [0, 0.1) is 11.8 Å². The SMILES string of the molecule is CC(C)C1CN(C(=O)CCN2CCN(C(C)C)CC2)C1. The molecular formula is C16H31N3O. The highest BCUT2D eigenvalue weighted by Gasteiger charge is 2.32. The Morgan fingerprint density at radius 2 is 1.65 bits per heavy atom. The van der Waals surface area contributed by atoms with Crippen molar-refractivity contribution in [3.8, 4) is 0 Å². The lowest BCUT2D eigenvalue weighted by atomic mass is 9.88. The summed E-state index contributed by atoms with van der Waals surface area (Å²) in [5.74, 6) is 1.80.